The average molecular weight is 421 g/mol. The number of fused-ring (bicyclic) bond motifs is 1. The van der Waals surface area contributed by atoms with Crippen LogP contribution in [0, 0.1) is 11.8 Å². The first-order valence-electron chi connectivity index (χ1n) is 10.9. The van der Waals surface area contributed by atoms with E-state index in [1.54, 1.807) is 19.5 Å². The molecule has 2 aliphatic rings. The van der Waals surface area contributed by atoms with Crippen LogP contribution in [0.15, 0.2) is 37.1 Å². The molecule has 1 saturated carbocycles. The summed E-state index contributed by atoms with van der Waals surface area (Å²) in [4.78, 5) is 10.5. The maximum absolute atomic E-state index is 5.90. The van der Waals surface area contributed by atoms with Crippen molar-refractivity contribution in [2.45, 2.75) is 44.8 Å². The van der Waals surface area contributed by atoms with Crippen LogP contribution in [-0.4, -0.2) is 61.5 Å². The van der Waals surface area contributed by atoms with E-state index in [-0.39, 0.29) is 12.1 Å². The van der Waals surface area contributed by atoms with Gasteiger partial charge in [-0.05, 0) is 42.7 Å². The van der Waals surface area contributed by atoms with Crippen LogP contribution in [0.4, 0.5) is 5.82 Å². The van der Waals surface area contributed by atoms with Gasteiger partial charge in [-0.15, -0.1) is 10.2 Å². The lowest BCUT2D eigenvalue weighted by Gasteiger charge is -2.36. The first kappa shape index (κ1) is 20.0. The van der Waals surface area contributed by atoms with Crippen molar-refractivity contribution in [1.82, 2.24) is 35.2 Å². The van der Waals surface area contributed by atoms with Crippen molar-refractivity contribution < 1.29 is 4.74 Å². The lowest BCUT2D eigenvalue weighted by atomic mass is 9.77. The first-order chi connectivity index (χ1) is 15.1. The van der Waals surface area contributed by atoms with E-state index in [2.05, 4.69) is 61.4 Å². The molecule has 31 heavy (non-hydrogen) atoms. The first-order valence-corrected chi connectivity index (χ1v) is 10.9. The SMILES string of the molecule is CO[C@@H]1C[C@H]2CN(c3ccc(C(C)C)nn3)C[C@H]2C[C@H]1n1cc(-c2cncnc2)nn1. The van der Waals surface area contributed by atoms with E-state index in [9.17, 15) is 0 Å². The fourth-order valence-corrected chi connectivity index (χ4v) is 4.92. The lowest BCUT2D eigenvalue weighted by molar-refractivity contribution is -0.00541. The summed E-state index contributed by atoms with van der Waals surface area (Å²) >= 11 is 0. The molecular formula is C22H28N8O. The Hall–Kier alpha value is -2.94. The molecule has 0 bridgehead atoms. The van der Waals surface area contributed by atoms with E-state index in [0.717, 1.165) is 48.7 Å². The highest BCUT2D eigenvalue weighted by Crippen LogP contribution is 2.43. The van der Waals surface area contributed by atoms with Gasteiger partial charge < -0.3 is 9.64 Å². The molecule has 1 saturated heterocycles. The number of anilines is 1. The maximum Gasteiger partial charge on any atom is 0.151 e. The van der Waals surface area contributed by atoms with Gasteiger partial charge in [0.05, 0.1) is 24.0 Å². The van der Waals surface area contributed by atoms with E-state index >= 15 is 0 Å². The Morgan fingerprint density at radius 3 is 2.45 bits per heavy atom. The van der Waals surface area contributed by atoms with Crippen molar-refractivity contribution in [1.29, 1.82) is 0 Å². The zero-order valence-corrected chi connectivity index (χ0v) is 18.2. The molecule has 3 aromatic rings. The van der Waals surface area contributed by atoms with Crippen LogP contribution >= 0.6 is 0 Å². The second-order valence-corrected chi connectivity index (χ2v) is 8.92. The van der Waals surface area contributed by atoms with E-state index in [4.69, 9.17) is 4.74 Å². The van der Waals surface area contributed by atoms with Gasteiger partial charge in [0, 0.05) is 38.2 Å². The fraction of sp³-hybridized carbons (Fsp3) is 0.545. The molecule has 1 aliphatic heterocycles. The van der Waals surface area contributed by atoms with Crippen LogP contribution in [0.2, 0.25) is 0 Å². The number of aromatic nitrogens is 7. The second-order valence-electron chi connectivity index (χ2n) is 8.92. The molecule has 0 amide bonds. The smallest absolute Gasteiger partial charge is 0.151 e. The highest BCUT2D eigenvalue weighted by Gasteiger charge is 2.44. The van der Waals surface area contributed by atoms with Gasteiger partial charge in [-0.2, -0.15) is 5.10 Å². The van der Waals surface area contributed by atoms with Crippen LogP contribution in [0.3, 0.4) is 0 Å². The van der Waals surface area contributed by atoms with Crippen molar-refractivity contribution in [3.05, 3.63) is 42.7 Å². The largest absolute Gasteiger partial charge is 0.379 e. The summed E-state index contributed by atoms with van der Waals surface area (Å²) in [5.41, 5.74) is 2.68. The summed E-state index contributed by atoms with van der Waals surface area (Å²) in [7, 11) is 1.80. The van der Waals surface area contributed by atoms with Gasteiger partial charge in [0.1, 0.15) is 12.0 Å². The zero-order chi connectivity index (χ0) is 21.4. The summed E-state index contributed by atoms with van der Waals surface area (Å²) in [6.45, 7) is 6.26. The average Bonchev–Trinajstić information content (AvgIpc) is 3.46. The van der Waals surface area contributed by atoms with Gasteiger partial charge in [-0.3, -0.25) is 0 Å². The molecule has 0 spiro atoms. The summed E-state index contributed by atoms with van der Waals surface area (Å²) in [5, 5.41) is 17.7. The van der Waals surface area contributed by atoms with Crippen molar-refractivity contribution >= 4 is 5.82 Å². The van der Waals surface area contributed by atoms with E-state index in [1.165, 1.54) is 6.33 Å². The fourth-order valence-electron chi connectivity index (χ4n) is 4.92. The Balaban J connectivity index is 1.32. The van der Waals surface area contributed by atoms with E-state index in [1.807, 2.05) is 10.9 Å². The lowest BCUT2D eigenvalue weighted by Crippen LogP contribution is -2.37. The van der Waals surface area contributed by atoms with Crippen molar-refractivity contribution in [2.24, 2.45) is 11.8 Å². The summed E-state index contributed by atoms with van der Waals surface area (Å²) < 4.78 is 7.87. The zero-order valence-electron chi connectivity index (χ0n) is 18.2. The Bertz CT molecular complexity index is 1010. The third-order valence-electron chi connectivity index (χ3n) is 6.68. The molecule has 0 unspecified atom stereocenters. The van der Waals surface area contributed by atoms with Crippen molar-refractivity contribution in [3.63, 3.8) is 0 Å². The van der Waals surface area contributed by atoms with Gasteiger partial charge in [0.15, 0.2) is 5.82 Å². The quantitative estimate of drug-likeness (QED) is 0.622. The number of nitrogens with zero attached hydrogens (tertiary/aromatic N) is 8. The molecule has 2 fully saturated rings. The molecular weight excluding hydrogens is 392 g/mol. The molecule has 3 aromatic heterocycles. The molecule has 9 heteroatoms. The number of hydrogen-bond acceptors (Lipinski definition) is 8. The highest BCUT2D eigenvalue weighted by atomic mass is 16.5. The monoisotopic (exact) mass is 420 g/mol. The summed E-state index contributed by atoms with van der Waals surface area (Å²) in [5.74, 6) is 2.51. The minimum atomic E-state index is 0.108. The molecule has 0 N–H and O–H groups in total. The second kappa shape index (κ2) is 8.30. The normalized spacial score (nSPS) is 25.7. The molecule has 162 valence electrons. The van der Waals surface area contributed by atoms with Crippen LogP contribution in [0.1, 0.15) is 44.3 Å². The summed E-state index contributed by atoms with van der Waals surface area (Å²) in [6.07, 6.45) is 9.13. The van der Waals surface area contributed by atoms with Gasteiger partial charge in [-0.25, -0.2) is 14.6 Å². The standard InChI is InChI=1S/C22H28N8O/c1-14(2)18-4-5-22(27-25-18)29-10-15-6-20(21(31-3)7-16(15)11-29)30-12-19(26-28-30)17-8-23-13-24-9-17/h4-5,8-9,12-16,20-21H,6-7,10-11H2,1-3H3/t15-,16+,20-,21-/m1/s1. The van der Waals surface area contributed by atoms with Crippen LogP contribution < -0.4 is 4.90 Å². The van der Waals surface area contributed by atoms with Gasteiger partial charge in [-0.1, -0.05) is 19.1 Å². The Kier molecular flexibility index (Phi) is 5.35. The van der Waals surface area contributed by atoms with Crippen molar-refractivity contribution in [3.8, 4) is 11.3 Å². The molecule has 4 atom stereocenters. The van der Waals surface area contributed by atoms with Crippen LogP contribution in [0.25, 0.3) is 11.3 Å². The topological polar surface area (TPSA) is 94.7 Å². The molecule has 4 heterocycles. The minimum absolute atomic E-state index is 0.108. The number of rotatable bonds is 5. The third kappa shape index (κ3) is 3.89. The number of ether oxygens (including phenoxy) is 1. The van der Waals surface area contributed by atoms with Gasteiger partial charge >= 0.3 is 0 Å². The molecule has 5 rings (SSSR count). The molecule has 0 radical (unpaired) electrons. The van der Waals surface area contributed by atoms with Crippen LogP contribution in [0.5, 0.6) is 0 Å². The maximum atomic E-state index is 5.90. The summed E-state index contributed by atoms with van der Waals surface area (Å²) in [6, 6.07) is 4.36. The van der Waals surface area contributed by atoms with Crippen LogP contribution in [-0.2, 0) is 4.74 Å². The number of methoxy groups -OCH3 is 1. The predicted octanol–water partition coefficient (Wildman–Crippen LogP) is 2.75. The number of hydrogen-bond donors (Lipinski definition) is 0. The van der Waals surface area contributed by atoms with Gasteiger partial charge in [0.2, 0.25) is 0 Å². The van der Waals surface area contributed by atoms with E-state index in [0.29, 0.717) is 17.8 Å². The predicted molar refractivity (Wildman–Crippen MR) is 115 cm³/mol. The highest BCUT2D eigenvalue weighted by molar-refractivity contribution is 5.54. The molecule has 9 nitrogen and oxygen atoms in total. The van der Waals surface area contributed by atoms with Gasteiger partial charge in [0.25, 0.3) is 0 Å². The Morgan fingerprint density at radius 1 is 1.00 bits per heavy atom. The Labute approximate surface area is 181 Å². The minimum Gasteiger partial charge on any atom is -0.379 e. The third-order valence-corrected chi connectivity index (χ3v) is 6.68. The molecule has 0 aromatic carbocycles. The Morgan fingerprint density at radius 2 is 1.77 bits per heavy atom. The van der Waals surface area contributed by atoms with Crippen molar-refractivity contribution in [2.75, 3.05) is 25.1 Å². The van der Waals surface area contributed by atoms with E-state index < -0.39 is 0 Å². The molecule has 1 aliphatic carbocycles.